The molecule has 96 valence electrons. The van der Waals surface area contributed by atoms with Crippen molar-refractivity contribution in [2.24, 2.45) is 0 Å². The minimum absolute atomic E-state index is 0.627. The summed E-state index contributed by atoms with van der Waals surface area (Å²) >= 11 is 3.94. The molecule has 1 aliphatic heterocycles. The zero-order valence-electron chi connectivity index (χ0n) is 10.7. The summed E-state index contributed by atoms with van der Waals surface area (Å²) in [4.78, 5) is 3.99. The van der Waals surface area contributed by atoms with E-state index in [1.807, 2.05) is 11.3 Å². The van der Waals surface area contributed by atoms with Crippen molar-refractivity contribution in [3.8, 4) is 0 Å². The Morgan fingerprint density at radius 1 is 1.59 bits per heavy atom. The molecule has 2 unspecified atom stereocenters. The lowest BCUT2D eigenvalue weighted by molar-refractivity contribution is 0.234. The number of thiophene rings is 1. The highest BCUT2D eigenvalue weighted by atomic mass is 32.2. The normalized spacial score (nSPS) is 22.9. The van der Waals surface area contributed by atoms with Crippen molar-refractivity contribution in [2.75, 3.05) is 31.6 Å². The van der Waals surface area contributed by atoms with Gasteiger partial charge >= 0.3 is 0 Å². The Morgan fingerprint density at radius 2 is 2.47 bits per heavy atom. The molecule has 0 radical (unpaired) electrons. The highest BCUT2D eigenvalue weighted by molar-refractivity contribution is 7.99. The smallest absolute Gasteiger partial charge is 0.0285 e. The van der Waals surface area contributed by atoms with Gasteiger partial charge in [-0.25, -0.2) is 0 Å². The molecule has 0 spiro atoms. The molecule has 1 fully saturated rings. The molecule has 2 heterocycles. The maximum Gasteiger partial charge on any atom is 0.0285 e. The van der Waals surface area contributed by atoms with Crippen LogP contribution in [0.3, 0.4) is 0 Å². The molecule has 17 heavy (non-hydrogen) atoms. The number of rotatable bonds is 5. The fraction of sp³-hybridized carbons (Fsp3) is 0.692. The van der Waals surface area contributed by atoms with Gasteiger partial charge in [0.2, 0.25) is 0 Å². The molecule has 0 amide bonds. The van der Waals surface area contributed by atoms with Gasteiger partial charge in [0.25, 0.3) is 0 Å². The van der Waals surface area contributed by atoms with E-state index in [0.717, 1.165) is 0 Å². The topological polar surface area (TPSA) is 15.3 Å². The fourth-order valence-electron chi connectivity index (χ4n) is 2.14. The van der Waals surface area contributed by atoms with Gasteiger partial charge in [-0.15, -0.1) is 11.3 Å². The Morgan fingerprint density at radius 3 is 3.12 bits per heavy atom. The number of hydrogen-bond acceptors (Lipinski definition) is 4. The average molecular weight is 270 g/mol. The first-order chi connectivity index (χ1) is 8.25. The van der Waals surface area contributed by atoms with Crippen LogP contribution >= 0.6 is 23.1 Å². The van der Waals surface area contributed by atoms with Gasteiger partial charge < -0.3 is 10.2 Å². The summed E-state index contributed by atoms with van der Waals surface area (Å²) in [6.45, 7) is 4.66. The highest BCUT2D eigenvalue weighted by Gasteiger charge is 2.18. The number of likely N-dealkylation sites (N-methyl/N-ethyl adjacent to an activating group) is 1. The van der Waals surface area contributed by atoms with E-state index < -0.39 is 0 Å². The second-order valence-electron chi connectivity index (χ2n) is 4.80. The first-order valence-corrected chi connectivity index (χ1v) is 8.33. The predicted molar refractivity (Wildman–Crippen MR) is 79.2 cm³/mol. The van der Waals surface area contributed by atoms with Crippen LogP contribution in [0.2, 0.25) is 0 Å². The lowest BCUT2D eigenvalue weighted by Crippen LogP contribution is -2.47. The van der Waals surface area contributed by atoms with E-state index in [0.29, 0.717) is 12.1 Å². The monoisotopic (exact) mass is 270 g/mol. The Labute approximate surface area is 113 Å². The third-order valence-corrected chi connectivity index (χ3v) is 5.37. The van der Waals surface area contributed by atoms with Gasteiger partial charge in [0.05, 0.1) is 0 Å². The largest absolute Gasteiger partial charge is 0.311 e. The summed E-state index contributed by atoms with van der Waals surface area (Å²) in [6, 6.07) is 5.68. The van der Waals surface area contributed by atoms with E-state index in [9.17, 15) is 0 Å². The van der Waals surface area contributed by atoms with Crippen LogP contribution in [0.15, 0.2) is 17.5 Å². The van der Waals surface area contributed by atoms with Gasteiger partial charge in [0.1, 0.15) is 0 Å². The summed E-state index contributed by atoms with van der Waals surface area (Å²) in [5.41, 5.74) is 0. The van der Waals surface area contributed by atoms with E-state index >= 15 is 0 Å². The Hall–Kier alpha value is -0.0300. The van der Waals surface area contributed by atoms with Crippen molar-refractivity contribution >= 4 is 23.1 Å². The second kappa shape index (κ2) is 6.78. The second-order valence-corrected chi connectivity index (χ2v) is 6.98. The molecule has 0 aliphatic carbocycles. The van der Waals surface area contributed by atoms with Crippen LogP contribution in [-0.2, 0) is 6.42 Å². The SMILES string of the molecule is CC(Cc1cccs1)N(C)CC1CSCCN1. The van der Waals surface area contributed by atoms with Crippen LogP contribution in [0.5, 0.6) is 0 Å². The van der Waals surface area contributed by atoms with Crippen molar-refractivity contribution in [1.82, 2.24) is 10.2 Å². The van der Waals surface area contributed by atoms with Crippen molar-refractivity contribution in [3.05, 3.63) is 22.4 Å². The summed E-state index contributed by atoms with van der Waals surface area (Å²) in [6.07, 6.45) is 1.17. The maximum absolute atomic E-state index is 3.60. The minimum Gasteiger partial charge on any atom is -0.311 e. The van der Waals surface area contributed by atoms with E-state index in [-0.39, 0.29) is 0 Å². The number of nitrogens with zero attached hydrogens (tertiary/aromatic N) is 1. The Bertz CT molecular complexity index is 307. The van der Waals surface area contributed by atoms with Crippen molar-refractivity contribution in [2.45, 2.75) is 25.4 Å². The molecule has 1 saturated heterocycles. The Balaban J connectivity index is 1.76. The van der Waals surface area contributed by atoms with Crippen LogP contribution in [0.4, 0.5) is 0 Å². The molecule has 0 saturated carbocycles. The van der Waals surface area contributed by atoms with Crippen molar-refractivity contribution < 1.29 is 0 Å². The number of thioether (sulfide) groups is 1. The van der Waals surface area contributed by atoms with Crippen LogP contribution in [-0.4, -0.2) is 48.6 Å². The molecule has 1 aromatic heterocycles. The minimum atomic E-state index is 0.627. The van der Waals surface area contributed by atoms with Gasteiger partial charge in [-0.1, -0.05) is 6.07 Å². The molecule has 1 aliphatic rings. The molecule has 2 atom stereocenters. The molecule has 0 bridgehead atoms. The van der Waals surface area contributed by atoms with Crippen molar-refractivity contribution in [3.63, 3.8) is 0 Å². The van der Waals surface area contributed by atoms with Gasteiger partial charge in [-0.05, 0) is 31.8 Å². The quantitative estimate of drug-likeness (QED) is 0.884. The molecule has 4 heteroatoms. The molecular formula is C13H22N2S2. The summed E-state index contributed by atoms with van der Waals surface area (Å²) < 4.78 is 0. The molecular weight excluding hydrogens is 248 g/mol. The zero-order valence-corrected chi connectivity index (χ0v) is 12.3. The highest BCUT2D eigenvalue weighted by Crippen LogP contribution is 2.15. The van der Waals surface area contributed by atoms with Gasteiger partial charge in [-0.2, -0.15) is 11.8 Å². The van der Waals surface area contributed by atoms with Crippen LogP contribution in [0.1, 0.15) is 11.8 Å². The van der Waals surface area contributed by atoms with Gasteiger partial charge in [0.15, 0.2) is 0 Å². The summed E-state index contributed by atoms with van der Waals surface area (Å²) in [7, 11) is 2.25. The molecule has 2 nitrogen and oxygen atoms in total. The van der Waals surface area contributed by atoms with Crippen molar-refractivity contribution in [1.29, 1.82) is 0 Å². The van der Waals surface area contributed by atoms with Gasteiger partial charge in [0, 0.05) is 41.6 Å². The molecule has 1 N–H and O–H groups in total. The predicted octanol–water partition coefficient (Wildman–Crippen LogP) is 2.32. The van der Waals surface area contributed by atoms with E-state index in [2.05, 4.69) is 53.5 Å². The molecule has 0 aromatic carbocycles. The first kappa shape index (κ1) is 13.4. The van der Waals surface area contributed by atoms with E-state index in [1.54, 1.807) is 0 Å². The number of nitrogens with one attached hydrogen (secondary N) is 1. The lowest BCUT2D eigenvalue weighted by Gasteiger charge is -2.31. The van der Waals surface area contributed by atoms with Gasteiger partial charge in [-0.3, -0.25) is 0 Å². The average Bonchev–Trinajstić information content (AvgIpc) is 2.83. The Kier molecular flexibility index (Phi) is 5.35. The first-order valence-electron chi connectivity index (χ1n) is 6.29. The van der Waals surface area contributed by atoms with Crippen LogP contribution < -0.4 is 5.32 Å². The molecule has 2 rings (SSSR count). The van der Waals surface area contributed by atoms with E-state index in [1.165, 1.54) is 35.9 Å². The fourth-order valence-corrected chi connectivity index (χ4v) is 3.90. The zero-order chi connectivity index (χ0) is 12.1. The summed E-state index contributed by atoms with van der Waals surface area (Å²) in [5.74, 6) is 2.53. The third-order valence-electron chi connectivity index (χ3n) is 3.34. The molecule has 1 aromatic rings. The lowest BCUT2D eigenvalue weighted by atomic mass is 10.1. The maximum atomic E-state index is 3.60. The number of hydrogen-bond donors (Lipinski definition) is 1. The standard InChI is InChI=1S/C13H22N2S2/c1-11(8-13-4-3-6-17-13)15(2)9-12-10-16-7-5-14-12/h3-4,6,11-12,14H,5,7-10H2,1-2H3. The third kappa shape index (κ3) is 4.28. The van der Waals surface area contributed by atoms with E-state index in [4.69, 9.17) is 0 Å². The summed E-state index contributed by atoms with van der Waals surface area (Å²) in [5, 5.41) is 5.77. The van der Waals surface area contributed by atoms with Crippen LogP contribution in [0.25, 0.3) is 0 Å². The van der Waals surface area contributed by atoms with Crippen LogP contribution in [0, 0.1) is 0 Å².